The Labute approximate surface area is 142 Å². The zero-order valence-corrected chi connectivity index (χ0v) is 14.4. The van der Waals surface area contributed by atoms with Crippen molar-refractivity contribution >= 4 is 40.2 Å². The largest absolute Gasteiger partial charge is 0.378 e. The van der Waals surface area contributed by atoms with Crippen LogP contribution in [-0.4, -0.2) is 14.8 Å². The molecule has 2 aromatic heterocycles. The second kappa shape index (κ2) is 6.28. The number of benzene rings is 1. The summed E-state index contributed by atoms with van der Waals surface area (Å²) < 4.78 is 2.41. The molecule has 1 aromatic carbocycles. The quantitative estimate of drug-likeness (QED) is 0.728. The van der Waals surface area contributed by atoms with Crippen LogP contribution >= 0.6 is 34.5 Å². The molecule has 114 valence electrons. The first-order valence-electron chi connectivity index (χ1n) is 6.71. The fraction of sp³-hybridized carbons (Fsp3) is 0.200. The summed E-state index contributed by atoms with van der Waals surface area (Å²) in [6.07, 6.45) is 1.78. The van der Waals surface area contributed by atoms with Gasteiger partial charge in [-0.05, 0) is 26.0 Å². The summed E-state index contributed by atoms with van der Waals surface area (Å²) >= 11 is 13.6. The van der Waals surface area contributed by atoms with E-state index >= 15 is 0 Å². The zero-order chi connectivity index (χ0) is 15.7. The Bertz CT molecular complexity index is 810. The lowest BCUT2D eigenvalue weighted by atomic mass is 10.2. The SMILES string of the molecule is Cc1nn(-c2ccccc2NCc2cnc(Cl)s2)c(C)c1Cl. The molecule has 3 aromatic rings. The van der Waals surface area contributed by atoms with Gasteiger partial charge in [-0.25, -0.2) is 9.67 Å². The van der Waals surface area contributed by atoms with Crippen LogP contribution in [-0.2, 0) is 6.54 Å². The Hall–Kier alpha value is -1.56. The highest BCUT2D eigenvalue weighted by molar-refractivity contribution is 7.15. The van der Waals surface area contributed by atoms with Gasteiger partial charge in [0.25, 0.3) is 0 Å². The molecule has 0 amide bonds. The first-order valence-corrected chi connectivity index (χ1v) is 8.28. The lowest BCUT2D eigenvalue weighted by molar-refractivity contribution is 0.833. The summed E-state index contributed by atoms with van der Waals surface area (Å²) in [6.45, 7) is 4.53. The van der Waals surface area contributed by atoms with E-state index in [4.69, 9.17) is 23.2 Å². The maximum absolute atomic E-state index is 6.25. The van der Waals surface area contributed by atoms with Crippen LogP contribution in [0.2, 0.25) is 9.49 Å². The summed E-state index contributed by atoms with van der Waals surface area (Å²) in [5, 5.41) is 8.62. The van der Waals surface area contributed by atoms with Gasteiger partial charge >= 0.3 is 0 Å². The lowest BCUT2D eigenvalue weighted by Gasteiger charge is -2.12. The Morgan fingerprint density at radius 3 is 2.64 bits per heavy atom. The van der Waals surface area contributed by atoms with Crippen molar-refractivity contribution in [3.05, 3.63) is 56.2 Å². The van der Waals surface area contributed by atoms with Gasteiger partial charge in [0, 0.05) is 11.1 Å². The van der Waals surface area contributed by atoms with Crippen molar-refractivity contribution in [2.75, 3.05) is 5.32 Å². The maximum Gasteiger partial charge on any atom is 0.183 e. The molecule has 0 atom stereocenters. The predicted molar refractivity (Wildman–Crippen MR) is 92.5 cm³/mol. The molecule has 0 unspecified atom stereocenters. The summed E-state index contributed by atoms with van der Waals surface area (Å²) in [6, 6.07) is 7.99. The van der Waals surface area contributed by atoms with E-state index in [9.17, 15) is 0 Å². The molecule has 0 bridgehead atoms. The van der Waals surface area contributed by atoms with E-state index in [2.05, 4.69) is 15.4 Å². The highest BCUT2D eigenvalue weighted by Crippen LogP contribution is 2.27. The van der Waals surface area contributed by atoms with Gasteiger partial charge < -0.3 is 5.32 Å². The standard InChI is InChI=1S/C15H14Cl2N4S/c1-9-14(16)10(2)21(20-9)13-6-4-3-5-12(13)18-7-11-8-19-15(17)22-11/h3-6,8,18H,7H2,1-2H3. The highest BCUT2D eigenvalue weighted by atomic mass is 35.5. The molecule has 3 rings (SSSR count). The molecular weight excluding hydrogens is 339 g/mol. The van der Waals surface area contributed by atoms with Crippen molar-refractivity contribution in [3.63, 3.8) is 0 Å². The number of rotatable bonds is 4. The van der Waals surface area contributed by atoms with Crippen molar-refractivity contribution < 1.29 is 0 Å². The fourth-order valence-electron chi connectivity index (χ4n) is 2.21. The third kappa shape index (κ3) is 2.97. The van der Waals surface area contributed by atoms with Gasteiger partial charge in [0.2, 0.25) is 0 Å². The number of hydrogen-bond acceptors (Lipinski definition) is 4. The molecule has 7 heteroatoms. The Morgan fingerprint density at radius 2 is 2.00 bits per heavy atom. The monoisotopic (exact) mass is 352 g/mol. The van der Waals surface area contributed by atoms with Gasteiger partial charge in [-0.2, -0.15) is 5.10 Å². The Balaban J connectivity index is 1.91. The summed E-state index contributed by atoms with van der Waals surface area (Å²) in [7, 11) is 0. The number of nitrogens with one attached hydrogen (secondary N) is 1. The topological polar surface area (TPSA) is 42.7 Å². The number of nitrogens with zero attached hydrogens (tertiary/aromatic N) is 3. The Morgan fingerprint density at radius 1 is 1.23 bits per heavy atom. The molecule has 0 aliphatic heterocycles. The van der Waals surface area contributed by atoms with Crippen molar-refractivity contribution in [1.29, 1.82) is 0 Å². The zero-order valence-electron chi connectivity index (χ0n) is 12.1. The van der Waals surface area contributed by atoms with Crippen LogP contribution in [0.4, 0.5) is 5.69 Å². The normalized spacial score (nSPS) is 10.9. The second-order valence-electron chi connectivity index (χ2n) is 4.85. The molecule has 2 heterocycles. The van der Waals surface area contributed by atoms with Crippen LogP contribution in [0, 0.1) is 13.8 Å². The first-order chi connectivity index (χ1) is 10.6. The third-order valence-electron chi connectivity index (χ3n) is 3.31. The average Bonchev–Trinajstić information content (AvgIpc) is 3.04. The van der Waals surface area contributed by atoms with Gasteiger partial charge in [-0.15, -0.1) is 11.3 Å². The average molecular weight is 353 g/mol. The smallest absolute Gasteiger partial charge is 0.183 e. The number of para-hydroxylation sites is 2. The van der Waals surface area contributed by atoms with Crippen molar-refractivity contribution in [2.24, 2.45) is 0 Å². The van der Waals surface area contributed by atoms with Gasteiger partial charge in [-0.3, -0.25) is 0 Å². The van der Waals surface area contributed by atoms with Crippen molar-refractivity contribution in [2.45, 2.75) is 20.4 Å². The number of anilines is 1. The number of thiazole rings is 1. The van der Waals surface area contributed by atoms with E-state index in [0.29, 0.717) is 16.0 Å². The van der Waals surface area contributed by atoms with Crippen LogP contribution in [0.3, 0.4) is 0 Å². The molecular formula is C15H14Cl2N4S. The molecule has 0 saturated carbocycles. The van der Waals surface area contributed by atoms with Gasteiger partial charge in [-0.1, -0.05) is 35.3 Å². The molecule has 0 aliphatic carbocycles. The molecule has 22 heavy (non-hydrogen) atoms. The number of hydrogen-bond donors (Lipinski definition) is 1. The molecule has 0 radical (unpaired) electrons. The number of halogens is 2. The van der Waals surface area contributed by atoms with Gasteiger partial charge in [0.05, 0.1) is 34.3 Å². The Kier molecular flexibility index (Phi) is 4.38. The molecule has 0 saturated heterocycles. The molecule has 0 aliphatic rings. The van der Waals surface area contributed by atoms with E-state index in [1.165, 1.54) is 11.3 Å². The molecule has 4 nitrogen and oxygen atoms in total. The van der Waals surface area contributed by atoms with Gasteiger partial charge in [0.15, 0.2) is 4.47 Å². The summed E-state index contributed by atoms with van der Waals surface area (Å²) in [4.78, 5) is 5.12. The molecule has 0 fully saturated rings. The van der Waals surface area contributed by atoms with E-state index in [0.717, 1.165) is 27.6 Å². The third-order valence-corrected chi connectivity index (χ3v) is 4.98. The van der Waals surface area contributed by atoms with E-state index in [1.807, 2.05) is 42.8 Å². The predicted octanol–water partition coefficient (Wildman–Crippen LogP) is 4.86. The van der Waals surface area contributed by atoms with Crippen LogP contribution in [0.15, 0.2) is 30.5 Å². The minimum absolute atomic E-state index is 0.551. The van der Waals surface area contributed by atoms with Crippen molar-refractivity contribution in [1.82, 2.24) is 14.8 Å². The first kappa shape index (κ1) is 15.3. The lowest BCUT2D eigenvalue weighted by Crippen LogP contribution is -2.06. The van der Waals surface area contributed by atoms with Crippen LogP contribution in [0.25, 0.3) is 5.69 Å². The van der Waals surface area contributed by atoms with Crippen LogP contribution in [0.5, 0.6) is 0 Å². The minimum atomic E-state index is 0.551. The van der Waals surface area contributed by atoms with Gasteiger partial charge in [0.1, 0.15) is 0 Å². The number of aromatic nitrogens is 3. The summed E-state index contributed by atoms with van der Waals surface area (Å²) in [5.41, 5.74) is 3.69. The molecule has 0 spiro atoms. The van der Waals surface area contributed by atoms with E-state index < -0.39 is 0 Å². The van der Waals surface area contributed by atoms with E-state index in [1.54, 1.807) is 6.20 Å². The second-order valence-corrected chi connectivity index (χ2v) is 6.92. The maximum atomic E-state index is 6.25. The summed E-state index contributed by atoms with van der Waals surface area (Å²) in [5.74, 6) is 0. The fourth-order valence-corrected chi connectivity index (χ4v) is 3.25. The number of aryl methyl sites for hydroxylation is 1. The van der Waals surface area contributed by atoms with Crippen molar-refractivity contribution in [3.8, 4) is 5.69 Å². The van der Waals surface area contributed by atoms with E-state index in [-0.39, 0.29) is 0 Å². The molecule has 1 N–H and O–H groups in total. The van der Waals surface area contributed by atoms with Crippen LogP contribution < -0.4 is 5.32 Å². The minimum Gasteiger partial charge on any atom is -0.378 e. The highest BCUT2D eigenvalue weighted by Gasteiger charge is 2.13. The van der Waals surface area contributed by atoms with Crippen LogP contribution in [0.1, 0.15) is 16.3 Å².